The van der Waals surface area contributed by atoms with Crippen molar-refractivity contribution in [2.45, 2.75) is 6.42 Å². The maximum absolute atomic E-state index is 12.8. The van der Waals surface area contributed by atoms with Crippen molar-refractivity contribution in [3.05, 3.63) is 59.7 Å². The number of hydrogen-bond donors (Lipinski definition) is 1. The lowest BCUT2D eigenvalue weighted by Crippen LogP contribution is -2.36. The monoisotopic (exact) mass is 329 g/mol. The first-order chi connectivity index (χ1) is 11.7. The lowest BCUT2D eigenvalue weighted by molar-refractivity contribution is 0.0949. The highest BCUT2D eigenvalue weighted by molar-refractivity contribution is 5.92. The van der Waals surface area contributed by atoms with Gasteiger partial charge in [0.1, 0.15) is 11.5 Å². The summed E-state index contributed by atoms with van der Waals surface area (Å²) in [5.74, 6) is -0.460. The number of halogens is 1. The number of aromatic nitrogens is 1. The van der Waals surface area contributed by atoms with Gasteiger partial charge in [-0.2, -0.15) is 0 Å². The predicted molar refractivity (Wildman–Crippen MR) is 89.7 cm³/mol. The molecule has 126 valence electrons. The molecule has 1 saturated heterocycles. The van der Waals surface area contributed by atoms with Gasteiger partial charge in [-0.1, -0.05) is 12.1 Å². The fourth-order valence-electron chi connectivity index (χ4n) is 2.59. The Morgan fingerprint density at radius 3 is 2.58 bits per heavy atom. The molecule has 0 radical (unpaired) electrons. The normalized spacial score (nSPS) is 14.5. The molecule has 0 bridgehead atoms. The summed E-state index contributed by atoms with van der Waals surface area (Å²) in [5, 5.41) is 2.83. The number of carbonyl (C=O) groups excluding carboxylic acids is 1. The van der Waals surface area contributed by atoms with Crippen LogP contribution in [-0.2, 0) is 11.2 Å². The van der Waals surface area contributed by atoms with Crippen LogP contribution in [0.3, 0.4) is 0 Å². The molecule has 1 amide bonds. The molecule has 6 heteroatoms. The zero-order valence-electron chi connectivity index (χ0n) is 13.4. The third kappa shape index (κ3) is 4.29. The average Bonchev–Trinajstić information content (AvgIpc) is 2.64. The van der Waals surface area contributed by atoms with Gasteiger partial charge in [-0.15, -0.1) is 0 Å². The molecule has 3 rings (SSSR count). The number of pyridine rings is 1. The van der Waals surface area contributed by atoms with Crippen LogP contribution in [0.4, 0.5) is 10.1 Å². The zero-order chi connectivity index (χ0) is 16.8. The number of anilines is 1. The Hall–Kier alpha value is -2.47. The van der Waals surface area contributed by atoms with Crippen LogP contribution < -0.4 is 10.2 Å². The number of carbonyl (C=O) groups is 1. The summed E-state index contributed by atoms with van der Waals surface area (Å²) in [6.07, 6.45) is 2.37. The van der Waals surface area contributed by atoms with Gasteiger partial charge in [0.15, 0.2) is 0 Å². The predicted octanol–water partition coefficient (Wildman–Crippen LogP) is 2.03. The van der Waals surface area contributed by atoms with Crippen LogP contribution in [0.1, 0.15) is 16.1 Å². The first-order valence-electron chi connectivity index (χ1n) is 8.04. The largest absolute Gasteiger partial charge is 0.378 e. The van der Waals surface area contributed by atoms with Gasteiger partial charge in [-0.05, 0) is 36.2 Å². The third-order valence-electron chi connectivity index (χ3n) is 3.97. The van der Waals surface area contributed by atoms with Gasteiger partial charge < -0.3 is 15.0 Å². The van der Waals surface area contributed by atoms with E-state index in [2.05, 4.69) is 15.2 Å². The molecule has 0 atom stereocenters. The van der Waals surface area contributed by atoms with Crippen molar-refractivity contribution in [2.75, 3.05) is 37.7 Å². The first kappa shape index (κ1) is 16.4. The Balaban J connectivity index is 1.50. The highest BCUT2D eigenvalue weighted by Crippen LogP contribution is 2.14. The number of morpholine rings is 1. The highest BCUT2D eigenvalue weighted by atomic mass is 19.1. The van der Waals surface area contributed by atoms with E-state index in [0.29, 0.717) is 31.9 Å². The molecule has 0 aliphatic carbocycles. The summed E-state index contributed by atoms with van der Waals surface area (Å²) in [7, 11) is 0. The molecule has 0 spiro atoms. The van der Waals surface area contributed by atoms with Gasteiger partial charge in [0.2, 0.25) is 0 Å². The molecule has 2 heterocycles. The number of ether oxygens (including phenoxy) is 1. The van der Waals surface area contributed by atoms with Gasteiger partial charge in [0.05, 0.1) is 25.1 Å². The standard InChI is InChI=1S/C18H20FN3O2/c19-15-3-1-14(2-4-15)7-8-20-18(23)17-6-5-16(13-21-17)22-9-11-24-12-10-22/h1-6,13H,7-12H2,(H,20,23). The summed E-state index contributed by atoms with van der Waals surface area (Å²) in [6.45, 7) is 3.59. The second-order valence-electron chi connectivity index (χ2n) is 5.63. The van der Waals surface area contributed by atoms with Crippen LogP contribution in [0.2, 0.25) is 0 Å². The summed E-state index contributed by atoms with van der Waals surface area (Å²) < 4.78 is 18.2. The Labute approximate surface area is 140 Å². The van der Waals surface area contributed by atoms with Crippen molar-refractivity contribution in [1.82, 2.24) is 10.3 Å². The highest BCUT2D eigenvalue weighted by Gasteiger charge is 2.13. The molecule has 24 heavy (non-hydrogen) atoms. The van der Waals surface area contributed by atoms with Crippen molar-refractivity contribution in [3.63, 3.8) is 0 Å². The van der Waals surface area contributed by atoms with E-state index in [0.717, 1.165) is 24.3 Å². The molecule has 1 fully saturated rings. The SMILES string of the molecule is O=C(NCCc1ccc(F)cc1)c1ccc(N2CCOCC2)cn1. The molecule has 1 aromatic heterocycles. The van der Waals surface area contributed by atoms with E-state index in [4.69, 9.17) is 4.74 Å². The third-order valence-corrected chi connectivity index (χ3v) is 3.97. The van der Waals surface area contributed by atoms with Gasteiger partial charge >= 0.3 is 0 Å². The molecule has 0 unspecified atom stereocenters. The van der Waals surface area contributed by atoms with E-state index in [1.54, 1.807) is 24.4 Å². The number of hydrogen-bond acceptors (Lipinski definition) is 4. The minimum Gasteiger partial charge on any atom is -0.378 e. The molecule has 1 aliphatic heterocycles. The summed E-state index contributed by atoms with van der Waals surface area (Å²) in [6, 6.07) is 9.92. The van der Waals surface area contributed by atoms with Gasteiger partial charge in [0, 0.05) is 19.6 Å². The van der Waals surface area contributed by atoms with Crippen LogP contribution in [-0.4, -0.2) is 43.7 Å². The molecule has 1 aliphatic rings. The molecular weight excluding hydrogens is 309 g/mol. The van der Waals surface area contributed by atoms with E-state index < -0.39 is 0 Å². The molecular formula is C18H20FN3O2. The lowest BCUT2D eigenvalue weighted by Gasteiger charge is -2.28. The molecule has 0 saturated carbocycles. The first-order valence-corrected chi connectivity index (χ1v) is 8.04. The van der Waals surface area contributed by atoms with Crippen molar-refractivity contribution in [3.8, 4) is 0 Å². The van der Waals surface area contributed by atoms with Crippen molar-refractivity contribution < 1.29 is 13.9 Å². The van der Waals surface area contributed by atoms with Crippen LogP contribution in [0.5, 0.6) is 0 Å². The van der Waals surface area contributed by atoms with E-state index in [9.17, 15) is 9.18 Å². The Kier molecular flexibility index (Phi) is 5.38. The fourth-order valence-corrected chi connectivity index (χ4v) is 2.59. The molecule has 2 aromatic rings. The number of benzene rings is 1. The minimum atomic E-state index is -0.257. The van der Waals surface area contributed by atoms with Crippen molar-refractivity contribution in [1.29, 1.82) is 0 Å². The van der Waals surface area contributed by atoms with Crippen LogP contribution in [0.25, 0.3) is 0 Å². The number of amides is 1. The Bertz CT molecular complexity index is 668. The van der Waals surface area contributed by atoms with Gasteiger partial charge in [-0.25, -0.2) is 9.37 Å². The molecule has 1 aromatic carbocycles. The fraction of sp³-hybridized carbons (Fsp3) is 0.333. The quantitative estimate of drug-likeness (QED) is 0.912. The topological polar surface area (TPSA) is 54.5 Å². The zero-order valence-corrected chi connectivity index (χ0v) is 13.4. The maximum atomic E-state index is 12.8. The number of nitrogens with one attached hydrogen (secondary N) is 1. The van der Waals surface area contributed by atoms with E-state index >= 15 is 0 Å². The number of rotatable bonds is 5. The van der Waals surface area contributed by atoms with Gasteiger partial charge in [-0.3, -0.25) is 4.79 Å². The minimum absolute atomic E-state index is 0.203. The van der Waals surface area contributed by atoms with Crippen LogP contribution in [0.15, 0.2) is 42.6 Å². The van der Waals surface area contributed by atoms with Crippen molar-refractivity contribution >= 4 is 11.6 Å². The second-order valence-corrected chi connectivity index (χ2v) is 5.63. The van der Waals surface area contributed by atoms with E-state index in [1.807, 2.05) is 6.07 Å². The Morgan fingerprint density at radius 1 is 1.17 bits per heavy atom. The van der Waals surface area contributed by atoms with Crippen LogP contribution in [0, 0.1) is 5.82 Å². The van der Waals surface area contributed by atoms with E-state index in [1.165, 1.54) is 12.1 Å². The summed E-state index contributed by atoms with van der Waals surface area (Å²) in [4.78, 5) is 18.5. The summed E-state index contributed by atoms with van der Waals surface area (Å²) in [5.41, 5.74) is 2.37. The number of nitrogens with zero attached hydrogens (tertiary/aromatic N) is 2. The van der Waals surface area contributed by atoms with Crippen molar-refractivity contribution in [2.24, 2.45) is 0 Å². The second kappa shape index (κ2) is 7.88. The Morgan fingerprint density at radius 2 is 1.92 bits per heavy atom. The lowest BCUT2D eigenvalue weighted by atomic mass is 10.1. The maximum Gasteiger partial charge on any atom is 0.269 e. The molecule has 1 N–H and O–H groups in total. The van der Waals surface area contributed by atoms with Crippen LogP contribution >= 0.6 is 0 Å². The average molecular weight is 329 g/mol. The van der Waals surface area contributed by atoms with Gasteiger partial charge in [0.25, 0.3) is 5.91 Å². The molecule has 5 nitrogen and oxygen atoms in total. The smallest absolute Gasteiger partial charge is 0.269 e. The van der Waals surface area contributed by atoms with E-state index in [-0.39, 0.29) is 11.7 Å². The summed E-state index contributed by atoms with van der Waals surface area (Å²) >= 11 is 0.